The zero-order chi connectivity index (χ0) is 15.8. The van der Waals surface area contributed by atoms with Crippen LogP contribution in [0.5, 0.6) is 0 Å². The van der Waals surface area contributed by atoms with E-state index in [9.17, 15) is 9.90 Å². The van der Waals surface area contributed by atoms with Crippen molar-refractivity contribution < 1.29 is 15.0 Å². The van der Waals surface area contributed by atoms with Gasteiger partial charge in [0.2, 0.25) is 0 Å². The highest BCUT2D eigenvalue weighted by atomic mass is 16.4. The van der Waals surface area contributed by atoms with Crippen LogP contribution in [0, 0.1) is 0 Å². The predicted molar refractivity (Wildman–Crippen MR) is 88.4 cm³/mol. The van der Waals surface area contributed by atoms with E-state index in [-0.39, 0.29) is 6.42 Å². The summed E-state index contributed by atoms with van der Waals surface area (Å²) >= 11 is 0. The van der Waals surface area contributed by atoms with Gasteiger partial charge in [-0.25, -0.2) is 0 Å². The quantitative estimate of drug-likeness (QED) is 0.355. The maximum Gasteiger partial charge on any atom is 0.303 e. The van der Waals surface area contributed by atoms with Crippen molar-refractivity contribution in [2.75, 3.05) is 0 Å². The van der Waals surface area contributed by atoms with Crippen molar-refractivity contribution in [1.29, 1.82) is 0 Å². The van der Waals surface area contributed by atoms with Gasteiger partial charge in [0.15, 0.2) is 0 Å². The van der Waals surface area contributed by atoms with Crippen LogP contribution in [0.25, 0.3) is 0 Å². The molecule has 1 atom stereocenters. The first kappa shape index (κ1) is 19.9. The Hall–Kier alpha value is -1.09. The second-order valence-electron chi connectivity index (χ2n) is 5.58. The summed E-state index contributed by atoms with van der Waals surface area (Å²) in [6.07, 6.45) is 18.7. The molecule has 2 N–H and O–H groups in total. The average molecular weight is 296 g/mol. The van der Waals surface area contributed by atoms with Gasteiger partial charge in [-0.3, -0.25) is 4.79 Å². The third-order valence-electron chi connectivity index (χ3n) is 3.45. The smallest absolute Gasteiger partial charge is 0.303 e. The first-order valence-corrected chi connectivity index (χ1v) is 8.40. The van der Waals surface area contributed by atoms with Gasteiger partial charge in [-0.15, -0.1) is 0 Å². The molecule has 0 saturated carbocycles. The molecule has 0 heterocycles. The summed E-state index contributed by atoms with van der Waals surface area (Å²) in [4.78, 5) is 10.3. The Morgan fingerprint density at radius 1 is 1.00 bits per heavy atom. The number of hydrogen-bond acceptors (Lipinski definition) is 2. The second kappa shape index (κ2) is 15.3. The molecule has 3 heteroatoms. The van der Waals surface area contributed by atoms with E-state index >= 15 is 0 Å². The maximum absolute atomic E-state index is 10.3. The molecule has 0 fully saturated rings. The number of aliphatic carboxylic acids is 1. The lowest BCUT2D eigenvalue weighted by molar-refractivity contribution is -0.137. The summed E-state index contributed by atoms with van der Waals surface area (Å²) in [6, 6.07) is 0. The number of unbranched alkanes of at least 4 members (excludes halogenated alkanes) is 7. The number of aliphatic hydroxyl groups excluding tert-OH is 1. The Labute approximate surface area is 129 Å². The third kappa shape index (κ3) is 16.9. The number of carboxylic acids is 1. The van der Waals surface area contributed by atoms with Crippen LogP contribution in [0.15, 0.2) is 24.3 Å². The molecule has 0 unspecified atom stereocenters. The summed E-state index contributed by atoms with van der Waals surface area (Å²) in [5.41, 5.74) is 0. The van der Waals surface area contributed by atoms with Crippen LogP contribution in [0.1, 0.15) is 77.6 Å². The number of carbonyl (C=O) groups is 1. The molecule has 0 aromatic heterocycles. The van der Waals surface area contributed by atoms with Crippen molar-refractivity contribution in [2.45, 2.75) is 83.7 Å². The molecule has 0 aliphatic carbocycles. The van der Waals surface area contributed by atoms with E-state index in [1.807, 2.05) is 12.2 Å². The fourth-order valence-corrected chi connectivity index (χ4v) is 2.15. The molecule has 0 amide bonds. The minimum Gasteiger partial charge on any atom is -0.481 e. The highest BCUT2D eigenvalue weighted by Gasteiger charge is 2.01. The number of carboxylic acid groups (broad SMARTS) is 1. The second-order valence-corrected chi connectivity index (χ2v) is 5.58. The van der Waals surface area contributed by atoms with Crippen molar-refractivity contribution in [2.24, 2.45) is 0 Å². The van der Waals surface area contributed by atoms with Crippen LogP contribution in [0.4, 0.5) is 0 Å². The Kier molecular flexibility index (Phi) is 14.5. The summed E-state index contributed by atoms with van der Waals surface area (Å²) in [7, 11) is 0. The van der Waals surface area contributed by atoms with Gasteiger partial charge in [-0.2, -0.15) is 0 Å². The van der Waals surface area contributed by atoms with Crippen LogP contribution in [-0.2, 0) is 4.79 Å². The molecular weight excluding hydrogens is 264 g/mol. The average Bonchev–Trinajstić information content (AvgIpc) is 2.44. The van der Waals surface area contributed by atoms with Crippen molar-refractivity contribution >= 4 is 5.97 Å². The van der Waals surface area contributed by atoms with E-state index in [2.05, 4.69) is 13.0 Å². The van der Waals surface area contributed by atoms with Crippen LogP contribution in [0.3, 0.4) is 0 Å². The van der Waals surface area contributed by atoms with E-state index in [0.717, 1.165) is 6.42 Å². The Balaban J connectivity index is 3.40. The predicted octanol–water partition coefficient (Wildman–Crippen LogP) is 4.86. The highest BCUT2D eigenvalue weighted by Crippen LogP contribution is 2.08. The Morgan fingerprint density at radius 3 is 2.33 bits per heavy atom. The topological polar surface area (TPSA) is 57.5 Å². The molecule has 0 radical (unpaired) electrons. The van der Waals surface area contributed by atoms with E-state index < -0.39 is 12.1 Å². The van der Waals surface area contributed by atoms with Crippen molar-refractivity contribution in [3.63, 3.8) is 0 Å². The fraction of sp³-hybridized carbons (Fsp3) is 0.722. The SMILES string of the molecule is CCCCCCCCC/C=C/C=C/[C@@H](O)CCCC(=O)O. The Morgan fingerprint density at radius 2 is 1.67 bits per heavy atom. The molecule has 0 rings (SSSR count). The Bertz CT molecular complexity index is 295. The van der Waals surface area contributed by atoms with Gasteiger partial charge < -0.3 is 10.2 Å². The van der Waals surface area contributed by atoms with Gasteiger partial charge in [0.05, 0.1) is 6.10 Å². The molecule has 3 nitrogen and oxygen atoms in total. The largest absolute Gasteiger partial charge is 0.481 e. The monoisotopic (exact) mass is 296 g/mol. The molecule has 0 aromatic carbocycles. The molecule has 0 aliphatic rings. The fourth-order valence-electron chi connectivity index (χ4n) is 2.15. The first-order chi connectivity index (χ1) is 10.2. The molecule has 0 aliphatic heterocycles. The number of aliphatic hydroxyl groups is 1. The molecule has 0 aromatic rings. The van der Waals surface area contributed by atoms with E-state index in [0.29, 0.717) is 12.8 Å². The molecule has 0 spiro atoms. The van der Waals surface area contributed by atoms with Crippen molar-refractivity contribution in [3.8, 4) is 0 Å². The molecule has 0 saturated heterocycles. The van der Waals surface area contributed by atoms with Crippen LogP contribution >= 0.6 is 0 Å². The van der Waals surface area contributed by atoms with Crippen molar-refractivity contribution in [1.82, 2.24) is 0 Å². The first-order valence-electron chi connectivity index (χ1n) is 8.40. The van der Waals surface area contributed by atoms with Gasteiger partial charge in [0.25, 0.3) is 0 Å². The molecular formula is C18H32O3. The number of hydrogen-bond donors (Lipinski definition) is 2. The summed E-state index contributed by atoms with van der Waals surface area (Å²) in [5, 5.41) is 18.1. The third-order valence-corrected chi connectivity index (χ3v) is 3.45. The van der Waals surface area contributed by atoms with Gasteiger partial charge in [-0.05, 0) is 25.7 Å². The van der Waals surface area contributed by atoms with Gasteiger partial charge >= 0.3 is 5.97 Å². The highest BCUT2D eigenvalue weighted by molar-refractivity contribution is 5.66. The van der Waals surface area contributed by atoms with Crippen molar-refractivity contribution in [3.05, 3.63) is 24.3 Å². The standard InChI is InChI=1S/C18H32O3/c1-2-3-4-5-6-7-8-9-10-11-12-14-17(19)15-13-16-18(20)21/h10-12,14,17,19H,2-9,13,15-16H2,1H3,(H,20,21)/b11-10+,14-12+/t17-/m1/s1. The lowest BCUT2D eigenvalue weighted by atomic mass is 10.1. The zero-order valence-electron chi connectivity index (χ0n) is 13.5. The lowest BCUT2D eigenvalue weighted by Crippen LogP contribution is -2.03. The minimum atomic E-state index is -0.805. The summed E-state index contributed by atoms with van der Waals surface area (Å²) in [5.74, 6) is -0.805. The molecule has 21 heavy (non-hydrogen) atoms. The zero-order valence-corrected chi connectivity index (χ0v) is 13.5. The van der Waals surface area contributed by atoms with Crippen LogP contribution in [-0.4, -0.2) is 22.3 Å². The normalized spacial score (nSPS) is 13.2. The maximum atomic E-state index is 10.3. The van der Waals surface area contributed by atoms with Crippen LogP contribution in [0.2, 0.25) is 0 Å². The van der Waals surface area contributed by atoms with Gasteiger partial charge in [0, 0.05) is 6.42 Å². The molecule has 0 bridgehead atoms. The van der Waals surface area contributed by atoms with Crippen LogP contribution < -0.4 is 0 Å². The van der Waals surface area contributed by atoms with E-state index in [4.69, 9.17) is 5.11 Å². The van der Waals surface area contributed by atoms with Gasteiger partial charge in [0.1, 0.15) is 0 Å². The number of allylic oxidation sites excluding steroid dienone is 3. The lowest BCUT2D eigenvalue weighted by Gasteiger charge is -2.02. The van der Waals surface area contributed by atoms with E-state index in [1.54, 1.807) is 6.08 Å². The van der Waals surface area contributed by atoms with E-state index in [1.165, 1.54) is 44.9 Å². The number of rotatable bonds is 14. The molecule has 122 valence electrons. The minimum absolute atomic E-state index is 0.124. The summed E-state index contributed by atoms with van der Waals surface area (Å²) < 4.78 is 0. The van der Waals surface area contributed by atoms with Gasteiger partial charge in [-0.1, -0.05) is 69.8 Å². The summed E-state index contributed by atoms with van der Waals surface area (Å²) in [6.45, 7) is 2.24.